The summed E-state index contributed by atoms with van der Waals surface area (Å²) < 4.78 is 0. The Morgan fingerprint density at radius 1 is 1.32 bits per heavy atom. The number of carbonyl (C=O) groups is 1. The number of halogens is 1. The van der Waals surface area contributed by atoms with Crippen LogP contribution >= 0.6 is 11.6 Å². The maximum absolute atomic E-state index is 11.8. The lowest BCUT2D eigenvalue weighted by atomic mass is 10.2. The Morgan fingerprint density at radius 2 is 2.00 bits per heavy atom. The summed E-state index contributed by atoms with van der Waals surface area (Å²) in [6.45, 7) is 2.07. The van der Waals surface area contributed by atoms with E-state index in [0.717, 1.165) is 13.1 Å². The highest BCUT2D eigenvalue weighted by molar-refractivity contribution is 6.31. The summed E-state index contributed by atoms with van der Waals surface area (Å²) in [6.07, 6.45) is 0. The molecule has 0 spiro atoms. The van der Waals surface area contributed by atoms with Crippen LogP contribution in [0.3, 0.4) is 0 Å². The number of hydrogen-bond donors (Lipinski definition) is 2. The minimum Gasteiger partial charge on any atom is -0.397 e. The van der Waals surface area contributed by atoms with Gasteiger partial charge in [-0.15, -0.1) is 0 Å². The third-order valence-corrected chi connectivity index (χ3v) is 2.87. The lowest BCUT2D eigenvalue weighted by Crippen LogP contribution is -2.35. The van der Waals surface area contributed by atoms with E-state index in [4.69, 9.17) is 17.3 Å². The molecule has 0 unspecified atom stereocenters. The number of nitrogens with two attached hydrogens (primary N) is 1. The van der Waals surface area contributed by atoms with E-state index in [1.165, 1.54) is 0 Å². The Bertz CT molecular complexity index is 437. The van der Waals surface area contributed by atoms with Gasteiger partial charge >= 0.3 is 0 Å². The molecule has 0 saturated heterocycles. The van der Waals surface area contributed by atoms with Crippen molar-refractivity contribution in [2.45, 2.75) is 0 Å². The van der Waals surface area contributed by atoms with Crippen LogP contribution in [0.4, 0.5) is 11.4 Å². The second kappa shape index (κ2) is 7.33. The lowest BCUT2D eigenvalue weighted by molar-refractivity contribution is -0.117. The maximum atomic E-state index is 11.8. The maximum Gasteiger partial charge on any atom is 0.238 e. The zero-order valence-corrected chi connectivity index (χ0v) is 12.4. The van der Waals surface area contributed by atoms with Gasteiger partial charge in [-0.1, -0.05) is 11.6 Å². The Morgan fingerprint density at radius 3 is 2.58 bits per heavy atom. The molecule has 106 valence electrons. The standard InChI is InChI=1S/C13H21ClN4O/c1-17(2)6-7-18(3)9-13(19)16-12-5-4-10(14)8-11(12)15/h4-5,8H,6-7,9,15H2,1-3H3,(H,16,19). The predicted molar refractivity (Wildman–Crippen MR) is 80.5 cm³/mol. The molecule has 1 amide bonds. The lowest BCUT2D eigenvalue weighted by Gasteiger charge is -2.19. The van der Waals surface area contributed by atoms with Crippen molar-refractivity contribution in [1.82, 2.24) is 9.80 Å². The number of nitrogens with zero attached hydrogens (tertiary/aromatic N) is 2. The molecule has 1 aromatic carbocycles. The van der Waals surface area contributed by atoms with Crippen LogP contribution in [0, 0.1) is 0 Å². The largest absolute Gasteiger partial charge is 0.397 e. The van der Waals surface area contributed by atoms with Crippen molar-refractivity contribution >= 4 is 28.9 Å². The molecule has 0 fully saturated rings. The first kappa shape index (κ1) is 15.8. The Labute approximate surface area is 119 Å². The number of likely N-dealkylation sites (N-methyl/N-ethyl adjacent to an activating group) is 2. The molecule has 6 heteroatoms. The molecule has 0 saturated carbocycles. The first-order chi connectivity index (χ1) is 8.88. The molecule has 0 bridgehead atoms. The summed E-state index contributed by atoms with van der Waals surface area (Å²) in [5.74, 6) is -0.0877. The Balaban J connectivity index is 2.46. The van der Waals surface area contributed by atoms with E-state index in [2.05, 4.69) is 10.2 Å². The van der Waals surface area contributed by atoms with Gasteiger partial charge in [-0.2, -0.15) is 0 Å². The van der Waals surface area contributed by atoms with Gasteiger partial charge in [0.1, 0.15) is 0 Å². The summed E-state index contributed by atoms with van der Waals surface area (Å²) in [5.41, 5.74) is 6.84. The van der Waals surface area contributed by atoms with Crippen LogP contribution in [-0.4, -0.2) is 56.5 Å². The zero-order chi connectivity index (χ0) is 14.4. The number of anilines is 2. The molecule has 0 radical (unpaired) electrons. The second-order valence-corrected chi connectivity index (χ2v) is 5.26. The van der Waals surface area contributed by atoms with E-state index in [1.807, 2.05) is 26.0 Å². The highest BCUT2D eigenvalue weighted by Gasteiger charge is 2.09. The van der Waals surface area contributed by atoms with Gasteiger partial charge in [0.2, 0.25) is 5.91 Å². The van der Waals surface area contributed by atoms with Crippen LogP contribution in [0.5, 0.6) is 0 Å². The highest BCUT2D eigenvalue weighted by Crippen LogP contribution is 2.22. The van der Waals surface area contributed by atoms with Crippen molar-refractivity contribution in [3.05, 3.63) is 23.2 Å². The van der Waals surface area contributed by atoms with Gasteiger partial charge in [0.25, 0.3) is 0 Å². The van der Waals surface area contributed by atoms with Crippen molar-refractivity contribution in [1.29, 1.82) is 0 Å². The van der Waals surface area contributed by atoms with Crippen molar-refractivity contribution in [2.75, 3.05) is 51.8 Å². The van der Waals surface area contributed by atoms with Gasteiger partial charge in [-0.3, -0.25) is 9.69 Å². The molecular formula is C13H21ClN4O. The number of amides is 1. The van der Waals surface area contributed by atoms with E-state index >= 15 is 0 Å². The average Bonchev–Trinajstić information content (AvgIpc) is 2.30. The molecule has 0 aliphatic carbocycles. The summed E-state index contributed by atoms with van der Waals surface area (Å²) in [4.78, 5) is 15.9. The fourth-order valence-electron chi connectivity index (χ4n) is 1.53. The van der Waals surface area contributed by atoms with Gasteiger partial charge in [0, 0.05) is 18.1 Å². The SMILES string of the molecule is CN(C)CCN(C)CC(=O)Nc1ccc(Cl)cc1N. The summed E-state index contributed by atoms with van der Waals surface area (Å²) >= 11 is 5.80. The molecule has 1 rings (SSSR count). The molecule has 0 aliphatic rings. The van der Waals surface area contributed by atoms with E-state index < -0.39 is 0 Å². The summed E-state index contributed by atoms with van der Waals surface area (Å²) in [6, 6.07) is 5.02. The number of carbonyl (C=O) groups excluding carboxylic acids is 1. The molecule has 0 heterocycles. The first-order valence-electron chi connectivity index (χ1n) is 6.06. The minimum atomic E-state index is -0.0877. The fourth-order valence-corrected chi connectivity index (χ4v) is 1.71. The molecule has 1 aromatic rings. The average molecular weight is 285 g/mol. The topological polar surface area (TPSA) is 61.6 Å². The van der Waals surface area contributed by atoms with E-state index in [1.54, 1.807) is 18.2 Å². The van der Waals surface area contributed by atoms with Crippen LogP contribution in [0.15, 0.2) is 18.2 Å². The molecule has 19 heavy (non-hydrogen) atoms. The number of nitrogen functional groups attached to an aromatic ring is 1. The normalized spacial score (nSPS) is 11.1. The van der Waals surface area contributed by atoms with E-state index in [0.29, 0.717) is 22.9 Å². The number of hydrogen-bond acceptors (Lipinski definition) is 4. The van der Waals surface area contributed by atoms with Crippen LogP contribution in [0.2, 0.25) is 5.02 Å². The summed E-state index contributed by atoms with van der Waals surface area (Å²) in [5, 5.41) is 3.33. The van der Waals surface area contributed by atoms with Crippen molar-refractivity contribution in [3.63, 3.8) is 0 Å². The smallest absolute Gasteiger partial charge is 0.238 e. The fraction of sp³-hybridized carbons (Fsp3) is 0.462. The number of benzene rings is 1. The molecule has 0 atom stereocenters. The van der Waals surface area contributed by atoms with Gasteiger partial charge in [-0.05, 0) is 39.3 Å². The first-order valence-corrected chi connectivity index (χ1v) is 6.44. The van der Waals surface area contributed by atoms with Crippen molar-refractivity contribution < 1.29 is 4.79 Å². The summed E-state index contributed by atoms with van der Waals surface area (Å²) in [7, 11) is 5.92. The monoisotopic (exact) mass is 284 g/mol. The highest BCUT2D eigenvalue weighted by atomic mass is 35.5. The van der Waals surface area contributed by atoms with E-state index in [9.17, 15) is 4.79 Å². The van der Waals surface area contributed by atoms with Gasteiger partial charge < -0.3 is 16.0 Å². The van der Waals surface area contributed by atoms with Gasteiger partial charge in [0.15, 0.2) is 0 Å². The number of nitrogens with one attached hydrogen (secondary N) is 1. The third-order valence-electron chi connectivity index (χ3n) is 2.63. The van der Waals surface area contributed by atoms with E-state index in [-0.39, 0.29) is 5.91 Å². The van der Waals surface area contributed by atoms with Crippen LogP contribution in [0.1, 0.15) is 0 Å². The third kappa shape index (κ3) is 5.92. The van der Waals surface area contributed by atoms with Gasteiger partial charge in [-0.25, -0.2) is 0 Å². The second-order valence-electron chi connectivity index (χ2n) is 4.82. The van der Waals surface area contributed by atoms with Crippen molar-refractivity contribution in [2.24, 2.45) is 0 Å². The molecule has 5 nitrogen and oxygen atoms in total. The molecular weight excluding hydrogens is 264 g/mol. The zero-order valence-electron chi connectivity index (χ0n) is 11.6. The molecule has 0 aromatic heterocycles. The van der Waals surface area contributed by atoms with Crippen LogP contribution in [-0.2, 0) is 4.79 Å². The Hall–Kier alpha value is -1.30. The number of rotatable bonds is 6. The molecule has 3 N–H and O–H groups in total. The van der Waals surface area contributed by atoms with Crippen molar-refractivity contribution in [3.8, 4) is 0 Å². The quantitative estimate of drug-likeness (QED) is 0.774. The van der Waals surface area contributed by atoms with Crippen LogP contribution in [0.25, 0.3) is 0 Å². The van der Waals surface area contributed by atoms with Gasteiger partial charge in [0.05, 0.1) is 17.9 Å². The Kier molecular flexibility index (Phi) is 6.08. The predicted octanol–water partition coefficient (Wildman–Crippen LogP) is 1.35. The minimum absolute atomic E-state index is 0.0877. The van der Waals surface area contributed by atoms with Crippen LogP contribution < -0.4 is 11.1 Å². The molecule has 0 aliphatic heterocycles.